The fourth-order valence-electron chi connectivity index (χ4n) is 1.55. The van der Waals surface area contributed by atoms with Crippen LogP contribution in [-0.4, -0.2) is 17.1 Å². The molecule has 0 bridgehead atoms. The minimum atomic E-state index is -0.367. The van der Waals surface area contributed by atoms with Crippen molar-refractivity contribution in [2.75, 3.05) is 7.11 Å². The molecule has 0 aliphatic heterocycles. The molecule has 0 spiro atoms. The van der Waals surface area contributed by atoms with E-state index in [4.69, 9.17) is 16.3 Å². The summed E-state index contributed by atoms with van der Waals surface area (Å²) in [7, 11) is 1.54. The number of methoxy groups -OCH3 is 1. The van der Waals surface area contributed by atoms with Gasteiger partial charge in [-0.25, -0.2) is 4.79 Å². The molecule has 2 rings (SSSR count). The molecule has 2 aromatic rings. The van der Waals surface area contributed by atoms with Crippen LogP contribution in [-0.2, 0) is 0 Å². The van der Waals surface area contributed by atoms with Gasteiger partial charge in [-0.2, -0.15) is 4.98 Å². The van der Waals surface area contributed by atoms with Crippen LogP contribution in [0, 0.1) is 6.92 Å². The summed E-state index contributed by atoms with van der Waals surface area (Å²) in [5.41, 5.74) is 1.78. The molecule has 0 fully saturated rings. The summed E-state index contributed by atoms with van der Waals surface area (Å²) in [5, 5.41) is 0.526. The smallest absolute Gasteiger partial charge is 0.345 e. The van der Waals surface area contributed by atoms with Gasteiger partial charge in [-0.3, -0.25) is 0 Å². The van der Waals surface area contributed by atoms with Crippen LogP contribution >= 0.6 is 11.6 Å². The van der Waals surface area contributed by atoms with Crippen molar-refractivity contribution in [2.24, 2.45) is 0 Å². The Kier molecular flexibility index (Phi) is 3.15. The van der Waals surface area contributed by atoms with Gasteiger partial charge < -0.3 is 9.72 Å². The van der Waals surface area contributed by atoms with Crippen LogP contribution in [0.3, 0.4) is 0 Å². The number of hydrogen-bond acceptors (Lipinski definition) is 3. The fraction of sp³-hybridized carbons (Fsp3) is 0.167. The third-order valence-electron chi connectivity index (χ3n) is 2.33. The molecule has 0 unspecified atom stereocenters. The van der Waals surface area contributed by atoms with Crippen LogP contribution in [0.5, 0.6) is 5.75 Å². The molecule has 88 valence electrons. The first kappa shape index (κ1) is 11.7. The second-order valence-electron chi connectivity index (χ2n) is 3.60. The lowest BCUT2D eigenvalue weighted by atomic mass is 10.1. The zero-order valence-electron chi connectivity index (χ0n) is 9.45. The van der Waals surface area contributed by atoms with E-state index in [2.05, 4.69) is 9.97 Å². The Morgan fingerprint density at radius 3 is 2.76 bits per heavy atom. The predicted octanol–water partition coefficient (Wildman–Crippen LogP) is 2.41. The standard InChI is InChI=1S/C12H11ClN2O2/c1-7-5-10(15-12(16)14-7)8-3-4-9(13)11(6-8)17-2/h3-6H,1-2H3,(H,14,15,16). The molecule has 0 radical (unpaired) electrons. The van der Waals surface area contributed by atoms with E-state index in [1.807, 2.05) is 0 Å². The SMILES string of the molecule is COc1cc(-c2cc(C)[nH]c(=O)n2)ccc1Cl. The molecule has 4 nitrogen and oxygen atoms in total. The largest absolute Gasteiger partial charge is 0.495 e. The van der Waals surface area contributed by atoms with Gasteiger partial charge >= 0.3 is 5.69 Å². The van der Waals surface area contributed by atoms with Crippen molar-refractivity contribution in [2.45, 2.75) is 6.92 Å². The second kappa shape index (κ2) is 4.59. The summed E-state index contributed by atoms with van der Waals surface area (Å²) in [6, 6.07) is 7.06. The van der Waals surface area contributed by atoms with E-state index in [1.54, 1.807) is 38.3 Å². The molecule has 0 saturated heterocycles. The number of H-pyrrole nitrogens is 1. The third-order valence-corrected chi connectivity index (χ3v) is 2.64. The molecule has 1 heterocycles. The Balaban J connectivity index is 2.56. The maximum absolute atomic E-state index is 11.3. The molecule has 1 N–H and O–H groups in total. The number of halogens is 1. The summed E-state index contributed by atoms with van der Waals surface area (Å²) < 4.78 is 5.12. The van der Waals surface area contributed by atoms with Crippen molar-refractivity contribution in [3.63, 3.8) is 0 Å². The van der Waals surface area contributed by atoms with Gasteiger partial charge in [-0.1, -0.05) is 17.7 Å². The molecular weight excluding hydrogens is 240 g/mol. The highest BCUT2D eigenvalue weighted by Crippen LogP contribution is 2.29. The van der Waals surface area contributed by atoms with Gasteiger partial charge in [0.1, 0.15) is 5.75 Å². The molecule has 5 heteroatoms. The van der Waals surface area contributed by atoms with E-state index in [0.29, 0.717) is 16.5 Å². The number of aromatic amines is 1. The van der Waals surface area contributed by atoms with Crippen LogP contribution in [0.4, 0.5) is 0 Å². The summed E-state index contributed by atoms with van der Waals surface area (Å²) in [6.45, 7) is 1.81. The number of aryl methyl sites for hydroxylation is 1. The molecular formula is C12H11ClN2O2. The van der Waals surface area contributed by atoms with E-state index < -0.39 is 0 Å². The highest BCUT2D eigenvalue weighted by atomic mass is 35.5. The topological polar surface area (TPSA) is 55.0 Å². The first-order valence-electron chi connectivity index (χ1n) is 5.02. The average molecular weight is 251 g/mol. The van der Waals surface area contributed by atoms with E-state index in [9.17, 15) is 4.79 Å². The fourth-order valence-corrected chi connectivity index (χ4v) is 1.74. The van der Waals surface area contributed by atoms with Gasteiger partial charge in [0.15, 0.2) is 0 Å². The first-order chi connectivity index (χ1) is 8.10. The zero-order chi connectivity index (χ0) is 12.4. The second-order valence-corrected chi connectivity index (χ2v) is 4.01. The lowest BCUT2D eigenvalue weighted by Crippen LogP contribution is -2.11. The van der Waals surface area contributed by atoms with Gasteiger partial charge in [0, 0.05) is 11.3 Å². The molecule has 0 atom stereocenters. The Hall–Kier alpha value is -1.81. The van der Waals surface area contributed by atoms with Crippen LogP contribution in [0.2, 0.25) is 5.02 Å². The van der Waals surface area contributed by atoms with E-state index in [0.717, 1.165) is 11.3 Å². The minimum Gasteiger partial charge on any atom is -0.495 e. The number of rotatable bonds is 2. The number of hydrogen-bond donors (Lipinski definition) is 1. The van der Waals surface area contributed by atoms with Gasteiger partial charge in [0.05, 0.1) is 17.8 Å². The van der Waals surface area contributed by atoms with Gasteiger partial charge in [-0.15, -0.1) is 0 Å². The molecule has 1 aromatic heterocycles. The normalized spacial score (nSPS) is 10.3. The molecule has 0 saturated carbocycles. The Labute approximate surface area is 103 Å². The summed E-state index contributed by atoms with van der Waals surface area (Å²) in [6.07, 6.45) is 0. The van der Waals surface area contributed by atoms with Crippen LogP contribution in [0.15, 0.2) is 29.1 Å². The Bertz CT molecular complexity index is 608. The monoisotopic (exact) mass is 250 g/mol. The minimum absolute atomic E-state index is 0.367. The maximum Gasteiger partial charge on any atom is 0.345 e. The lowest BCUT2D eigenvalue weighted by Gasteiger charge is -2.06. The van der Waals surface area contributed by atoms with E-state index in [-0.39, 0.29) is 5.69 Å². The highest BCUT2D eigenvalue weighted by Gasteiger charge is 2.06. The number of nitrogens with zero attached hydrogens (tertiary/aromatic N) is 1. The predicted molar refractivity (Wildman–Crippen MR) is 66.6 cm³/mol. The first-order valence-corrected chi connectivity index (χ1v) is 5.40. The van der Waals surface area contributed by atoms with E-state index >= 15 is 0 Å². The van der Waals surface area contributed by atoms with Crippen LogP contribution in [0.1, 0.15) is 5.69 Å². The Morgan fingerprint density at radius 1 is 1.35 bits per heavy atom. The van der Waals surface area contributed by atoms with Crippen molar-refractivity contribution < 1.29 is 4.74 Å². The van der Waals surface area contributed by atoms with E-state index in [1.165, 1.54) is 0 Å². The third kappa shape index (κ3) is 2.47. The summed E-state index contributed by atoms with van der Waals surface area (Å²) >= 11 is 5.93. The lowest BCUT2D eigenvalue weighted by molar-refractivity contribution is 0.415. The molecule has 0 aliphatic rings. The molecule has 0 aliphatic carbocycles. The molecule has 0 amide bonds. The van der Waals surface area contributed by atoms with Crippen molar-refractivity contribution in [3.05, 3.63) is 45.5 Å². The quantitative estimate of drug-likeness (QED) is 0.891. The average Bonchev–Trinajstić information content (AvgIpc) is 2.28. The highest BCUT2D eigenvalue weighted by molar-refractivity contribution is 6.32. The van der Waals surface area contributed by atoms with Crippen molar-refractivity contribution >= 4 is 11.6 Å². The number of ether oxygens (including phenoxy) is 1. The zero-order valence-corrected chi connectivity index (χ0v) is 10.2. The van der Waals surface area contributed by atoms with Crippen molar-refractivity contribution in [1.29, 1.82) is 0 Å². The van der Waals surface area contributed by atoms with Gasteiger partial charge in [-0.05, 0) is 25.1 Å². The summed E-state index contributed by atoms with van der Waals surface area (Å²) in [5.74, 6) is 0.559. The molecule has 1 aromatic carbocycles. The van der Waals surface area contributed by atoms with Crippen LogP contribution in [0.25, 0.3) is 11.3 Å². The number of nitrogens with one attached hydrogen (secondary N) is 1. The van der Waals surface area contributed by atoms with Crippen molar-refractivity contribution in [3.8, 4) is 17.0 Å². The van der Waals surface area contributed by atoms with Gasteiger partial charge in [0.25, 0.3) is 0 Å². The summed E-state index contributed by atoms with van der Waals surface area (Å²) in [4.78, 5) is 17.8. The van der Waals surface area contributed by atoms with Gasteiger partial charge in [0.2, 0.25) is 0 Å². The molecule has 17 heavy (non-hydrogen) atoms. The Morgan fingerprint density at radius 2 is 2.12 bits per heavy atom. The number of benzene rings is 1. The number of aromatic nitrogens is 2. The van der Waals surface area contributed by atoms with Crippen LogP contribution < -0.4 is 10.4 Å². The maximum atomic E-state index is 11.3. The van der Waals surface area contributed by atoms with Crippen molar-refractivity contribution in [1.82, 2.24) is 9.97 Å².